The predicted octanol–water partition coefficient (Wildman–Crippen LogP) is 2.76. The van der Waals surface area contributed by atoms with Crippen molar-refractivity contribution in [2.45, 2.75) is 13.5 Å². The van der Waals surface area contributed by atoms with Gasteiger partial charge in [-0.05, 0) is 25.1 Å². The highest BCUT2D eigenvalue weighted by atomic mass is 16.5. The molecule has 0 fully saturated rings. The van der Waals surface area contributed by atoms with E-state index >= 15 is 0 Å². The molecule has 2 rings (SSSR count). The molecule has 0 aliphatic heterocycles. The van der Waals surface area contributed by atoms with Gasteiger partial charge in [0.1, 0.15) is 11.3 Å². The minimum Gasteiger partial charge on any atom is -0.496 e. The average molecular weight is 300 g/mol. The summed E-state index contributed by atoms with van der Waals surface area (Å²) < 4.78 is 10.7. The summed E-state index contributed by atoms with van der Waals surface area (Å²) in [6.07, 6.45) is 1.61. The average Bonchev–Trinajstić information content (AvgIpc) is 2.55. The zero-order valence-electron chi connectivity index (χ0n) is 13.1. The van der Waals surface area contributed by atoms with Crippen molar-refractivity contribution in [1.82, 2.24) is 9.88 Å². The van der Waals surface area contributed by atoms with Crippen LogP contribution in [0.15, 0.2) is 42.6 Å². The van der Waals surface area contributed by atoms with Crippen LogP contribution in [0.2, 0.25) is 0 Å². The lowest BCUT2D eigenvalue weighted by atomic mass is 10.1. The first-order chi connectivity index (χ1) is 10.7. The van der Waals surface area contributed by atoms with Gasteiger partial charge in [-0.1, -0.05) is 18.2 Å². The van der Waals surface area contributed by atoms with Crippen LogP contribution in [-0.4, -0.2) is 36.6 Å². The molecule has 2 aromatic rings. The molecule has 0 saturated carbocycles. The van der Waals surface area contributed by atoms with Crippen molar-refractivity contribution in [3.05, 3.63) is 53.7 Å². The van der Waals surface area contributed by atoms with Gasteiger partial charge in [0.05, 0.1) is 13.7 Å². The van der Waals surface area contributed by atoms with E-state index in [0.29, 0.717) is 24.6 Å². The molecule has 0 N–H and O–H groups in total. The lowest BCUT2D eigenvalue weighted by Crippen LogP contribution is -2.27. The number of nitrogens with zero attached hydrogens (tertiary/aromatic N) is 2. The van der Waals surface area contributed by atoms with Crippen LogP contribution in [0.4, 0.5) is 0 Å². The Morgan fingerprint density at radius 2 is 2.00 bits per heavy atom. The summed E-state index contributed by atoms with van der Waals surface area (Å²) in [6, 6.07) is 11.1. The highest BCUT2D eigenvalue weighted by Gasteiger charge is 2.18. The van der Waals surface area contributed by atoms with Gasteiger partial charge in [0, 0.05) is 25.4 Å². The van der Waals surface area contributed by atoms with E-state index in [0.717, 1.165) is 11.3 Å². The topological polar surface area (TPSA) is 51.7 Å². The van der Waals surface area contributed by atoms with E-state index in [1.165, 1.54) is 0 Å². The maximum Gasteiger partial charge on any atom is 0.259 e. The Kier molecular flexibility index (Phi) is 5.36. The molecule has 0 saturated heterocycles. The molecule has 0 atom stereocenters. The van der Waals surface area contributed by atoms with E-state index in [1.54, 1.807) is 37.4 Å². The van der Waals surface area contributed by atoms with Crippen LogP contribution in [0.25, 0.3) is 0 Å². The smallest absolute Gasteiger partial charge is 0.259 e. The first kappa shape index (κ1) is 15.8. The number of ether oxygens (including phenoxy) is 2. The highest BCUT2D eigenvalue weighted by molar-refractivity contribution is 5.96. The molecular weight excluding hydrogens is 280 g/mol. The maximum absolute atomic E-state index is 12.6. The van der Waals surface area contributed by atoms with E-state index in [9.17, 15) is 4.79 Å². The molecule has 0 bridgehead atoms. The summed E-state index contributed by atoms with van der Waals surface area (Å²) in [5, 5.41) is 0. The number of benzene rings is 1. The van der Waals surface area contributed by atoms with Crippen LogP contribution in [0, 0.1) is 0 Å². The lowest BCUT2D eigenvalue weighted by Gasteiger charge is -2.19. The Hall–Kier alpha value is -2.56. The van der Waals surface area contributed by atoms with Gasteiger partial charge in [-0.15, -0.1) is 0 Å². The van der Waals surface area contributed by atoms with Crippen LogP contribution in [0.3, 0.4) is 0 Å². The number of methoxy groups -OCH3 is 1. The molecule has 1 heterocycles. The van der Waals surface area contributed by atoms with Crippen LogP contribution >= 0.6 is 0 Å². The third kappa shape index (κ3) is 3.55. The van der Waals surface area contributed by atoms with Gasteiger partial charge in [-0.3, -0.25) is 4.79 Å². The molecule has 1 amide bonds. The minimum atomic E-state index is -0.137. The monoisotopic (exact) mass is 300 g/mol. The van der Waals surface area contributed by atoms with Crippen molar-refractivity contribution in [2.24, 2.45) is 0 Å². The van der Waals surface area contributed by atoms with E-state index in [-0.39, 0.29) is 5.91 Å². The van der Waals surface area contributed by atoms with Crippen molar-refractivity contribution in [2.75, 3.05) is 20.8 Å². The molecular formula is C17H20N2O3. The van der Waals surface area contributed by atoms with Gasteiger partial charge in [0.15, 0.2) is 0 Å². The van der Waals surface area contributed by atoms with Crippen molar-refractivity contribution in [1.29, 1.82) is 0 Å². The Morgan fingerprint density at radius 1 is 1.23 bits per heavy atom. The quantitative estimate of drug-likeness (QED) is 0.823. The number of hydrogen-bond acceptors (Lipinski definition) is 4. The number of rotatable bonds is 6. The molecule has 1 aromatic carbocycles. The lowest BCUT2D eigenvalue weighted by molar-refractivity contribution is 0.0779. The zero-order chi connectivity index (χ0) is 15.9. The number of aromatic nitrogens is 1. The molecule has 0 aliphatic carbocycles. The molecule has 1 aromatic heterocycles. The maximum atomic E-state index is 12.6. The number of para-hydroxylation sites is 1. The van der Waals surface area contributed by atoms with E-state index < -0.39 is 0 Å². The second kappa shape index (κ2) is 7.45. The predicted molar refractivity (Wildman–Crippen MR) is 84.2 cm³/mol. The van der Waals surface area contributed by atoms with Crippen molar-refractivity contribution in [3.63, 3.8) is 0 Å². The standard InChI is InChI=1S/C17H20N2O3/c1-4-22-16-14(9-7-11-18-16)17(20)19(2)12-13-8-5-6-10-15(13)21-3/h5-11H,4,12H2,1-3H3. The summed E-state index contributed by atoms with van der Waals surface area (Å²) in [7, 11) is 3.37. The third-order valence-corrected chi connectivity index (χ3v) is 3.23. The summed E-state index contributed by atoms with van der Waals surface area (Å²) in [4.78, 5) is 18.4. The summed E-state index contributed by atoms with van der Waals surface area (Å²) in [5.41, 5.74) is 1.41. The number of amides is 1. The fourth-order valence-electron chi connectivity index (χ4n) is 2.17. The number of hydrogen-bond donors (Lipinski definition) is 0. The fraction of sp³-hybridized carbons (Fsp3) is 0.294. The number of carbonyl (C=O) groups excluding carboxylic acids is 1. The van der Waals surface area contributed by atoms with Gasteiger partial charge in [0.2, 0.25) is 5.88 Å². The van der Waals surface area contributed by atoms with E-state index in [2.05, 4.69) is 4.98 Å². The van der Waals surface area contributed by atoms with E-state index in [1.807, 2.05) is 31.2 Å². The Morgan fingerprint density at radius 3 is 2.73 bits per heavy atom. The number of pyridine rings is 1. The van der Waals surface area contributed by atoms with Gasteiger partial charge >= 0.3 is 0 Å². The molecule has 0 radical (unpaired) electrons. The Labute approximate surface area is 130 Å². The second-order valence-electron chi connectivity index (χ2n) is 4.76. The van der Waals surface area contributed by atoms with Gasteiger partial charge in [0.25, 0.3) is 5.91 Å². The Bertz CT molecular complexity index is 643. The zero-order valence-corrected chi connectivity index (χ0v) is 13.1. The molecule has 5 heteroatoms. The van der Waals surface area contributed by atoms with Crippen LogP contribution in [-0.2, 0) is 6.54 Å². The van der Waals surface area contributed by atoms with Crippen molar-refractivity contribution < 1.29 is 14.3 Å². The first-order valence-corrected chi connectivity index (χ1v) is 7.12. The van der Waals surface area contributed by atoms with Gasteiger partial charge in [-0.2, -0.15) is 0 Å². The van der Waals surface area contributed by atoms with Gasteiger partial charge in [-0.25, -0.2) is 4.98 Å². The highest BCUT2D eigenvalue weighted by Crippen LogP contribution is 2.21. The normalized spacial score (nSPS) is 10.1. The number of carbonyl (C=O) groups is 1. The van der Waals surface area contributed by atoms with Gasteiger partial charge < -0.3 is 14.4 Å². The second-order valence-corrected chi connectivity index (χ2v) is 4.76. The molecule has 0 spiro atoms. The van der Waals surface area contributed by atoms with Crippen molar-refractivity contribution in [3.8, 4) is 11.6 Å². The molecule has 116 valence electrons. The molecule has 22 heavy (non-hydrogen) atoms. The van der Waals surface area contributed by atoms with E-state index in [4.69, 9.17) is 9.47 Å². The largest absolute Gasteiger partial charge is 0.496 e. The molecule has 0 unspecified atom stereocenters. The molecule has 0 aliphatic rings. The van der Waals surface area contributed by atoms with Crippen LogP contribution in [0.5, 0.6) is 11.6 Å². The van der Waals surface area contributed by atoms with Crippen LogP contribution < -0.4 is 9.47 Å². The summed E-state index contributed by atoms with van der Waals surface area (Å²) in [6.45, 7) is 2.78. The van der Waals surface area contributed by atoms with Crippen LogP contribution in [0.1, 0.15) is 22.8 Å². The summed E-state index contributed by atoms with van der Waals surface area (Å²) >= 11 is 0. The minimum absolute atomic E-state index is 0.137. The summed E-state index contributed by atoms with van der Waals surface area (Å²) in [5.74, 6) is 0.989. The Balaban J connectivity index is 2.19. The third-order valence-electron chi connectivity index (χ3n) is 3.23. The first-order valence-electron chi connectivity index (χ1n) is 7.12. The molecule has 5 nitrogen and oxygen atoms in total. The van der Waals surface area contributed by atoms with Crippen molar-refractivity contribution >= 4 is 5.91 Å². The fourth-order valence-corrected chi connectivity index (χ4v) is 2.17. The SMILES string of the molecule is CCOc1ncccc1C(=O)N(C)Cc1ccccc1OC.